The van der Waals surface area contributed by atoms with Crippen LogP contribution in [0.5, 0.6) is 0 Å². The maximum atomic E-state index is 10.6. The summed E-state index contributed by atoms with van der Waals surface area (Å²) in [5.74, 6) is -0.814. The molecule has 1 fully saturated rings. The number of likely N-dealkylation sites (tertiary alicyclic amines) is 1. The van der Waals surface area contributed by atoms with E-state index in [-0.39, 0.29) is 0 Å². The van der Waals surface area contributed by atoms with E-state index >= 15 is 0 Å². The Bertz CT molecular complexity index is 269. The Morgan fingerprint density at radius 3 is 2.73 bits per heavy atom. The fourth-order valence-corrected chi connectivity index (χ4v) is 2.05. The summed E-state index contributed by atoms with van der Waals surface area (Å²) in [4.78, 5) is 12.9. The lowest BCUT2D eigenvalue weighted by Gasteiger charge is -2.37. The maximum absolute atomic E-state index is 10.6. The Morgan fingerprint density at radius 1 is 1.53 bits per heavy atom. The summed E-state index contributed by atoms with van der Waals surface area (Å²) in [6, 6.07) is 0. The van der Waals surface area contributed by atoms with Gasteiger partial charge in [-0.3, -0.25) is 4.90 Å². The van der Waals surface area contributed by atoms with E-state index in [1.807, 2.05) is 6.08 Å². The van der Waals surface area contributed by atoms with Crippen LogP contribution in [0, 0.1) is 5.41 Å². The van der Waals surface area contributed by atoms with Crippen molar-refractivity contribution in [1.29, 1.82) is 0 Å². The summed E-state index contributed by atoms with van der Waals surface area (Å²) < 4.78 is 0. The minimum atomic E-state index is -0.814. The Hall–Kier alpha value is -0.830. The summed E-state index contributed by atoms with van der Waals surface area (Å²) in [5.41, 5.74) is 0.821. The zero-order valence-corrected chi connectivity index (χ0v) is 9.92. The zero-order chi connectivity index (χ0) is 11.5. The monoisotopic (exact) mass is 211 g/mol. The molecule has 0 bridgehead atoms. The van der Waals surface area contributed by atoms with Gasteiger partial charge in [-0.1, -0.05) is 19.9 Å². The summed E-state index contributed by atoms with van der Waals surface area (Å²) in [5, 5.41) is 8.73. The van der Waals surface area contributed by atoms with E-state index in [0.717, 1.165) is 19.6 Å². The second-order valence-electron chi connectivity index (χ2n) is 5.20. The molecule has 0 aromatic rings. The first-order valence-electron chi connectivity index (χ1n) is 5.53. The predicted molar refractivity (Wildman–Crippen MR) is 60.8 cm³/mol. The number of carboxylic acid groups (broad SMARTS) is 1. The first-order chi connectivity index (χ1) is 6.91. The third-order valence-electron chi connectivity index (χ3n) is 2.97. The molecule has 3 nitrogen and oxygen atoms in total. The van der Waals surface area contributed by atoms with E-state index in [9.17, 15) is 4.79 Å². The second kappa shape index (κ2) is 4.79. The van der Waals surface area contributed by atoms with E-state index in [1.165, 1.54) is 12.8 Å². The molecule has 0 unspecified atom stereocenters. The quantitative estimate of drug-likeness (QED) is 0.727. The van der Waals surface area contributed by atoms with Crippen LogP contribution < -0.4 is 0 Å². The minimum Gasteiger partial charge on any atom is -0.478 e. The standard InChI is InChI=1S/C12H21NO2/c1-10(11(14)15)5-8-13-7-4-6-12(2,3)9-13/h5H,4,6-9H2,1-3H3,(H,14,15)/b10-5+. The van der Waals surface area contributed by atoms with Gasteiger partial charge < -0.3 is 5.11 Å². The van der Waals surface area contributed by atoms with E-state index in [4.69, 9.17) is 5.11 Å². The normalized spacial score (nSPS) is 22.7. The van der Waals surface area contributed by atoms with Crippen LogP contribution in [0.1, 0.15) is 33.6 Å². The van der Waals surface area contributed by atoms with Crippen LogP contribution in [0.15, 0.2) is 11.6 Å². The third kappa shape index (κ3) is 4.04. The molecule has 0 aliphatic carbocycles. The third-order valence-corrected chi connectivity index (χ3v) is 2.97. The molecule has 1 heterocycles. The highest BCUT2D eigenvalue weighted by atomic mass is 16.4. The van der Waals surface area contributed by atoms with Gasteiger partial charge in [0.2, 0.25) is 0 Å². The summed E-state index contributed by atoms with van der Waals surface area (Å²) in [7, 11) is 0. The topological polar surface area (TPSA) is 40.5 Å². The van der Waals surface area contributed by atoms with E-state index < -0.39 is 5.97 Å². The lowest BCUT2D eigenvalue weighted by molar-refractivity contribution is -0.132. The van der Waals surface area contributed by atoms with Crippen molar-refractivity contribution in [2.45, 2.75) is 33.6 Å². The Kier molecular flexibility index (Phi) is 3.91. The van der Waals surface area contributed by atoms with Gasteiger partial charge in [0.05, 0.1) is 0 Å². The van der Waals surface area contributed by atoms with Crippen LogP contribution in [0.25, 0.3) is 0 Å². The lowest BCUT2D eigenvalue weighted by Crippen LogP contribution is -2.40. The zero-order valence-electron chi connectivity index (χ0n) is 9.92. The van der Waals surface area contributed by atoms with Gasteiger partial charge in [-0.2, -0.15) is 0 Å². The molecule has 0 amide bonds. The highest BCUT2D eigenvalue weighted by molar-refractivity contribution is 5.85. The Labute approximate surface area is 91.8 Å². The molecule has 0 aromatic carbocycles. The van der Waals surface area contributed by atoms with Crippen molar-refractivity contribution in [2.75, 3.05) is 19.6 Å². The van der Waals surface area contributed by atoms with Crippen molar-refractivity contribution in [3.63, 3.8) is 0 Å². The molecule has 0 saturated carbocycles. The van der Waals surface area contributed by atoms with Gasteiger partial charge >= 0.3 is 5.97 Å². The van der Waals surface area contributed by atoms with Crippen molar-refractivity contribution in [1.82, 2.24) is 4.90 Å². The first kappa shape index (κ1) is 12.2. The van der Waals surface area contributed by atoms with Crippen molar-refractivity contribution < 1.29 is 9.90 Å². The van der Waals surface area contributed by atoms with Gasteiger partial charge in [0.1, 0.15) is 0 Å². The molecule has 0 spiro atoms. The number of carbonyl (C=O) groups is 1. The van der Waals surface area contributed by atoms with E-state index in [2.05, 4.69) is 18.7 Å². The molecular weight excluding hydrogens is 190 g/mol. The molecule has 1 N–H and O–H groups in total. The summed E-state index contributed by atoms with van der Waals surface area (Å²) in [6.45, 7) is 9.11. The summed E-state index contributed by atoms with van der Waals surface area (Å²) >= 11 is 0. The van der Waals surface area contributed by atoms with Crippen molar-refractivity contribution >= 4 is 5.97 Å². The van der Waals surface area contributed by atoms with Gasteiger partial charge in [-0.05, 0) is 31.7 Å². The molecule has 1 aliphatic heterocycles. The van der Waals surface area contributed by atoms with E-state index in [0.29, 0.717) is 11.0 Å². The molecule has 0 radical (unpaired) electrons. The molecule has 1 saturated heterocycles. The highest BCUT2D eigenvalue weighted by Gasteiger charge is 2.25. The molecule has 3 heteroatoms. The molecular formula is C12H21NO2. The molecule has 1 rings (SSSR count). The molecule has 0 aromatic heterocycles. The number of rotatable bonds is 3. The van der Waals surface area contributed by atoms with Gasteiger partial charge in [0, 0.05) is 18.7 Å². The van der Waals surface area contributed by atoms with Gasteiger partial charge in [0.15, 0.2) is 0 Å². The number of hydrogen-bond acceptors (Lipinski definition) is 2. The number of nitrogens with zero attached hydrogens (tertiary/aromatic N) is 1. The largest absolute Gasteiger partial charge is 0.478 e. The second-order valence-corrected chi connectivity index (χ2v) is 5.20. The fraction of sp³-hybridized carbons (Fsp3) is 0.750. The van der Waals surface area contributed by atoms with Crippen molar-refractivity contribution in [2.24, 2.45) is 5.41 Å². The molecule has 86 valence electrons. The van der Waals surface area contributed by atoms with Crippen LogP contribution >= 0.6 is 0 Å². The van der Waals surface area contributed by atoms with Gasteiger partial charge in [-0.25, -0.2) is 4.79 Å². The Balaban J connectivity index is 2.46. The van der Waals surface area contributed by atoms with Crippen LogP contribution in [0.3, 0.4) is 0 Å². The molecule has 15 heavy (non-hydrogen) atoms. The summed E-state index contributed by atoms with van der Waals surface area (Å²) in [6.07, 6.45) is 4.29. The average Bonchev–Trinajstić information content (AvgIpc) is 2.12. The minimum absolute atomic E-state index is 0.378. The number of hydrogen-bond donors (Lipinski definition) is 1. The van der Waals surface area contributed by atoms with E-state index in [1.54, 1.807) is 6.92 Å². The first-order valence-corrected chi connectivity index (χ1v) is 5.53. The highest BCUT2D eigenvalue weighted by Crippen LogP contribution is 2.28. The predicted octanol–water partition coefficient (Wildman–Crippen LogP) is 2.14. The lowest BCUT2D eigenvalue weighted by atomic mass is 9.84. The van der Waals surface area contributed by atoms with Crippen LogP contribution in [-0.2, 0) is 4.79 Å². The maximum Gasteiger partial charge on any atom is 0.330 e. The fourth-order valence-electron chi connectivity index (χ4n) is 2.05. The smallest absolute Gasteiger partial charge is 0.330 e. The average molecular weight is 211 g/mol. The van der Waals surface area contributed by atoms with Gasteiger partial charge in [-0.15, -0.1) is 0 Å². The molecule has 1 aliphatic rings. The molecule has 0 atom stereocenters. The van der Waals surface area contributed by atoms with Gasteiger partial charge in [0.25, 0.3) is 0 Å². The number of carboxylic acids is 1. The van der Waals surface area contributed by atoms with Crippen LogP contribution in [-0.4, -0.2) is 35.6 Å². The number of aliphatic carboxylic acids is 1. The number of piperidine rings is 1. The van der Waals surface area contributed by atoms with Crippen LogP contribution in [0.2, 0.25) is 0 Å². The van der Waals surface area contributed by atoms with Crippen molar-refractivity contribution in [3.05, 3.63) is 11.6 Å². The van der Waals surface area contributed by atoms with Crippen molar-refractivity contribution in [3.8, 4) is 0 Å². The SMILES string of the molecule is C/C(=C\CN1CCCC(C)(C)C1)C(=O)O. The Morgan fingerprint density at radius 2 is 2.20 bits per heavy atom. The van der Waals surface area contributed by atoms with Crippen LogP contribution in [0.4, 0.5) is 0 Å².